The second kappa shape index (κ2) is 4.06. The maximum Gasteiger partial charge on any atom is 0.259 e. The highest BCUT2D eigenvalue weighted by Crippen LogP contribution is 2.29. The fourth-order valence-electron chi connectivity index (χ4n) is 1.93. The molecule has 0 aliphatic carbocycles. The number of benzene rings is 1. The number of ether oxygens (including phenoxy) is 1. The van der Waals surface area contributed by atoms with Crippen LogP contribution in [0.2, 0.25) is 0 Å². The molecular weight excluding hydrogens is 206 g/mol. The molecule has 1 amide bonds. The van der Waals surface area contributed by atoms with Gasteiger partial charge in [0.1, 0.15) is 12.3 Å². The quantitative estimate of drug-likeness (QED) is 0.561. The summed E-state index contributed by atoms with van der Waals surface area (Å²) in [6.45, 7) is 1.94. The van der Waals surface area contributed by atoms with E-state index in [1.807, 2.05) is 31.2 Å². The van der Waals surface area contributed by atoms with Gasteiger partial charge in [-0.15, -0.1) is 0 Å². The summed E-state index contributed by atoms with van der Waals surface area (Å²) in [6.07, 6.45) is 0.121. The molecule has 2 atom stereocenters. The Bertz CT molecular complexity index is 430. The summed E-state index contributed by atoms with van der Waals surface area (Å²) in [4.78, 5) is 24.1. The minimum atomic E-state index is -0.627. The van der Waals surface area contributed by atoms with Crippen LogP contribution < -0.4 is 4.90 Å². The molecule has 1 saturated heterocycles. The second-order valence-corrected chi connectivity index (χ2v) is 3.83. The number of carbonyl (C=O) groups excluding carboxylic acids is 2. The molecule has 0 saturated carbocycles. The number of anilines is 1. The average molecular weight is 219 g/mol. The van der Waals surface area contributed by atoms with Crippen molar-refractivity contribution in [3.8, 4) is 0 Å². The molecule has 0 bridgehead atoms. The zero-order valence-electron chi connectivity index (χ0n) is 9.21. The van der Waals surface area contributed by atoms with Gasteiger partial charge in [-0.2, -0.15) is 0 Å². The molecule has 0 aromatic heterocycles. The Morgan fingerprint density at radius 1 is 1.44 bits per heavy atom. The van der Waals surface area contributed by atoms with Crippen molar-refractivity contribution < 1.29 is 14.3 Å². The van der Waals surface area contributed by atoms with Crippen molar-refractivity contribution in [2.24, 2.45) is 0 Å². The third kappa shape index (κ3) is 1.51. The SMILES string of the molecule is COC1C(=O)N(c2cccc(C)c2)C1C=O. The van der Waals surface area contributed by atoms with Crippen LogP contribution >= 0.6 is 0 Å². The van der Waals surface area contributed by atoms with Gasteiger partial charge in [-0.1, -0.05) is 12.1 Å². The number of hydrogen-bond donors (Lipinski definition) is 0. The van der Waals surface area contributed by atoms with Crippen LogP contribution in [0, 0.1) is 6.92 Å². The van der Waals surface area contributed by atoms with Crippen LogP contribution in [0.3, 0.4) is 0 Å². The smallest absolute Gasteiger partial charge is 0.259 e. The molecule has 1 fully saturated rings. The minimum absolute atomic E-state index is 0.162. The van der Waals surface area contributed by atoms with E-state index in [4.69, 9.17) is 4.74 Å². The molecule has 4 heteroatoms. The minimum Gasteiger partial charge on any atom is -0.369 e. The van der Waals surface area contributed by atoms with Gasteiger partial charge in [-0.3, -0.25) is 9.69 Å². The van der Waals surface area contributed by atoms with Crippen molar-refractivity contribution in [2.45, 2.75) is 19.1 Å². The summed E-state index contributed by atoms with van der Waals surface area (Å²) >= 11 is 0. The first-order valence-electron chi connectivity index (χ1n) is 5.07. The standard InChI is InChI=1S/C12H13NO3/c1-8-4-3-5-9(6-8)13-10(7-14)11(16-2)12(13)15/h3-7,10-11H,1-2H3. The number of hydrogen-bond acceptors (Lipinski definition) is 3. The third-order valence-electron chi connectivity index (χ3n) is 2.76. The van der Waals surface area contributed by atoms with Gasteiger partial charge < -0.3 is 9.53 Å². The lowest BCUT2D eigenvalue weighted by molar-refractivity contribution is -0.142. The lowest BCUT2D eigenvalue weighted by Gasteiger charge is -2.43. The summed E-state index contributed by atoms with van der Waals surface area (Å²) in [7, 11) is 1.44. The molecule has 16 heavy (non-hydrogen) atoms. The summed E-state index contributed by atoms with van der Waals surface area (Å²) in [5.74, 6) is -0.162. The molecule has 0 N–H and O–H groups in total. The Hall–Kier alpha value is -1.68. The van der Waals surface area contributed by atoms with E-state index in [-0.39, 0.29) is 5.91 Å². The highest BCUT2D eigenvalue weighted by molar-refractivity contribution is 6.10. The van der Waals surface area contributed by atoms with Crippen LogP contribution in [-0.4, -0.2) is 31.4 Å². The average Bonchev–Trinajstić information content (AvgIpc) is 2.26. The molecule has 1 aliphatic rings. The molecule has 1 aliphatic heterocycles. The van der Waals surface area contributed by atoms with E-state index in [1.54, 1.807) is 0 Å². The van der Waals surface area contributed by atoms with Crippen LogP contribution in [0.5, 0.6) is 0 Å². The van der Waals surface area contributed by atoms with Crippen LogP contribution in [-0.2, 0) is 14.3 Å². The Balaban J connectivity index is 2.29. The molecule has 84 valence electrons. The monoisotopic (exact) mass is 219 g/mol. The van der Waals surface area contributed by atoms with Crippen molar-refractivity contribution in [3.05, 3.63) is 29.8 Å². The van der Waals surface area contributed by atoms with Gasteiger partial charge in [-0.25, -0.2) is 0 Å². The number of rotatable bonds is 3. The van der Waals surface area contributed by atoms with E-state index in [9.17, 15) is 9.59 Å². The Morgan fingerprint density at radius 2 is 2.19 bits per heavy atom. The number of aryl methyl sites for hydroxylation is 1. The normalized spacial score (nSPS) is 24.1. The number of carbonyl (C=O) groups is 2. The predicted molar refractivity (Wildman–Crippen MR) is 59.3 cm³/mol. The van der Waals surface area contributed by atoms with Gasteiger partial charge in [0.2, 0.25) is 0 Å². The number of amides is 1. The van der Waals surface area contributed by atoms with E-state index in [1.165, 1.54) is 12.0 Å². The van der Waals surface area contributed by atoms with Crippen LogP contribution in [0.1, 0.15) is 5.56 Å². The maximum absolute atomic E-state index is 11.7. The Kier molecular flexibility index (Phi) is 2.75. The largest absolute Gasteiger partial charge is 0.369 e. The molecule has 1 aromatic carbocycles. The van der Waals surface area contributed by atoms with E-state index in [0.717, 1.165) is 17.5 Å². The fraction of sp³-hybridized carbons (Fsp3) is 0.333. The van der Waals surface area contributed by atoms with E-state index in [2.05, 4.69) is 0 Å². The first-order chi connectivity index (χ1) is 7.69. The number of aldehydes is 1. The molecular formula is C12H13NO3. The van der Waals surface area contributed by atoms with Crippen molar-refractivity contribution in [1.82, 2.24) is 0 Å². The fourth-order valence-corrected chi connectivity index (χ4v) is 1.93. The number of methoxy groups -OCH3 is 1. The lowest BCUT2D eigenvalue weighted by Crippen LogP contribution is -2.66. The molecule has 1 heterocycles. The molecule has 1 aromatic rings. The zero-order valence-corrected chi connectivity index (χ0v) is 9.21. The van der Waals surface area contributed by atoms with Crippen molar-refractivity contribution in [2.75, 3.05) is 12.0 Å². The second-order valence-electron chi connectivity index (χ2n) is 3.83. The van der Waals surface area contributed by atoms with Gasteiger partial charge in [0.15, 0.2) is 6.10 Å². The van der Waals surface area contributed by atoms with E-state index < -0.39 is 12.1 Å². The third-order valence-corrected chi connectivity index (χ3v) is 2.76. The summed E-state index contributed by atoms with van der Waals surface area (Å²) in [6, 6.07) is 6.99. The molecule has 4 nitrogen and oxygen atoms in total. The highest BCUT2D eigenvalue weighted by Gasteiger charge is 2.48. The van der Waals surface area contributed by atoms with Crippen molar-refractivity contribution in [3.63, 3.8) is 0 Å². The highest BCUT2D eigenvalue weighted by atomic mass is 16.5. The molecule has 2 rings (SSSR count). The Labute approximate surface area is 93.8 Å². The van der Waals surface area contributed by atoms with Crippen LogP contribution in [0.25, 0.3) is 0 Å². The molecule has 0 spiro atoms. The van der Waals surface area contributed by atoms with E-state index >= 15 is 0 Å². The van der Waals surface area contributed by atoms with Gasteiger partial charge in [0, 0.05) is 12.8 Å². The predicted octanol–water partition coefficient (Wildman–Crippen LogP) is 0.924. The zero-order chi connectivity index (χ0) is 11.7. The van der Waals surface area contributed by atoms with Gasteiger partial charge >= 0.3 is 0 Å². The Morgan fingerprint density at radius 3 is 2.75 bits per heavy atom. The lowest BCUT2D eigenvalue weighted by atomic mass is 9.97. The van der Waals surface area contributed by atoms with Crippen LogP contribution in [0.15, 0.2) is 24.3 Å². The first kappa shape index (κ1) is 10.8. The van der Waals surface area contributed by atoms with Crippen molar-refractivity contribution in [1.29, 1.82) is 0 Å². The van der Waals surface area contributed by atoms with Gasteiger partial charge in [-0.05, 0) is 24.6 Å². The topological polar surface area (TPSA) is 46.6 Å². The van der Waals surface area contributed by atoms with Gasteiger partial charge in [0.05, 0.1) is 0 Å². The summed E-state index contributed by atoms with van der Waals surface area (Å²) in [5, 5.41) is 0. The van der Waals surface area contributed by atoms with E-state index in [0.29, 0.717) is 0 Å². The first-order valence-corrected chi connectivity index (χ1v) is 5.07. The summed E-state index contributed by atoms with van der Waals surface area (Å²) < 4.78 is 4.96. The maximum atomic E-state index is 11.7. The molecule has 0 radical (unpaired) electrons. The summed E-state index contributed by atoms with van der Waals surface area (Å²) in [5.41, 5.74) is 1.80. The molecule has 2 unspecified atom stereocenters. The van der Waals surface area contributed by atoms with Crippen LogP contribution in [0.4, 0.5) is 5.69 Å². The number of nitrogens with zero attached hydrogens (tertiary/aromatic N) is 1. The van der Waals surface area contributed by atoms with Crippen molar-refractivity contribution >= 4 is 17.9 Å². The van der Waals surface area contributed by atoms with Gasteiger partial charge in [0.25, 0.3) is 5.91 Å². The number of β-lactam (4-membered cyclic amide) rings is 1.